The fourth-order valence-corrected chi connectivity index (χ4v) is 2.23. The predicted octanol–water partition coefficient (Wildman–Crippen LogP) is 2.34. The minimum atomic E-state index is -0.839. The maximum absolute atomic E-state index is 12.0. The molecule has 1 aromatic carbocycles. The van der Waals surface area contributed by atoms with Crippen LogP contribution in [0.25, 0.3) is 0 Å². The lowest BCUT2D eigenvalue weighted by Crippen LogP contribution is -2.39. The zero-order valence-electron chi connectivity index (χ0n) is 13.0. The van der Waals surface area contributed by atoms with Crippen LogP contribution in [0.5, 0.6) is 5.75 Å². The van der Waals surface area contributed by atoms with Gasteiger partial charge in [0.15, 0.2) is 6.61 Å². The highest BCUT2D eigenvalue weighted by molar-refractivity contribution is 5.98. The van der Waals surface area contributed by atoms with Crippen LogP contribution < -0.4 is 15.0 Å². The van der Waals surface area contributed by atoms with E-state index in [-0.39, 0.29) is 12.5 Å². The van der Waals surface area contributed by atoms with E-state index in [0.717, 1.165) is 24.2 Å². The van der Waals surface area contributed by atoms with Gasteiger partial charge in [0.1, 0.15) is 5.75 Å². The number of hydrogen-bond acceptors (Lipinski definition) is 4. The number of hydrogen-bond donors (Lipinski definition) is 2. The Morgan fingerprint density at radius 1 is 1.50 bits per heavy atom. The van der Waals surface area contributed by atoms with Crippen molar-refractivity contribution in [3.63, 3.8) is 0 Å². The molecule has 1 atom stereocenters. The minimum Gasteiger partial charge on any atom is -0.482 e. The zero-order chi connectivity index (χ0) is 16.1. The monoisotopic (exact) mass is 306 g/mol. The summed E-state index contributed by atoms with van der Waals surface area (Å²) >= 11 is 0. The summed E-state index contributed by atoms with van der Waals surface area (Å²) in [5, 5.41) is 12.0. The molecule has 0 radical (unpaired) electrons. The molecule has 0 fully saturated rings. The molecule has 0 saturated heterocycles. The number of carboxylic acid groups (broad SMARTS) is 1. The van der Waals surface area contributed by atoms with Gasteiger partial charge in [-0.15, -0.1) is 0 Å². The molecule has 0 saturated carbocycles. The van der Waals surface area contributed by atoms with Crippen molar-refractivity contribution < 1.29 is 19.4 Å². The number of fused-ring (bicyclic) bond motifs is 1. The number of nitrogens with one attached hydrogen (secondary N) is 1. The average molecular weight is 306 g/mol. The van der Waals surface area contributed by atoms with Crippen LogP contribution >= 0.6 is 0 Å². The van der Waals surface area contributed by atoms with Crippen molar-refractivity contribution in [1.29, 1.82) is 0 Å². The summed E-state index contributed by atoms with van der Waals surface area (Å²) in [5.41, 5.74) is 1.53. The molecule has 22 heavy (non-hydrogen) atoms. The van der Waals surface area contributed by atoms with Crippen molar-refractivity contribution in [2.75, 3.05) is 29.9 Å². The van der Waals surface area contributed by atoms with Gasteiger partial charge < -0.3 is 20.1 Å². The average Bonchev–Trinajstić information content (AvgIpc) is 2.51. The summed E-state index contributed by atoms with van der Waals surface area (Å²) in [5.74, 6) is -0.678. The molecule has 0 aliphatic carbocycles. The van der Waals surface area contributed by atoms with Gasteiger partial charge >= 0.3 is 5.97 Å². The van der Waals surface area contributed by atoms with E-state index in [2.05, 4.69) is 12.2 Å². The van der Waals surface area contributed by atoms with Gasteiger partial charge in [-0.25, -0.2) is 0 Å². The highest BCUT2D eigenvalue weighted by Crippen LogP contribution is 2.34. The maximum atomic E-state index is 12.0. The Morgan fingerprint density at radius 2 is 2.27 bits per heavy atom. The molecule has 0 aromatic heterocycles. The van der Waals surface area contributed by atoms with E-state index in [0.29, 0.717) is 18.8 Å². The van der Waals surface area contributed by atoms with Gasteiger partial charge in [0, 0.05) is 18.8 Å². The minimum absolute atomic E-state index is 0.0444. The summed E-state index contributed by atoms with van der Waals surface area (Å²) in [6.45, 7) is 4.79. The summed E-state index contributed by atoms with van der Waals surface area (Å²) in [4.78, 5) is 24.6. The Kier molecular flexibility index (Phi) is 5.25. The topological polar surface area (TPSA) is 78.9 Å². The van der Waals surface area contributed by atoms with Crippen LogP contribution in [0.15, 0.2) is 18.2 Å². The molecule has 0 spiro atoms. The van der Waals surface area contributed by atoms with E-state index in [1.807, 2.05) is 18.2 Å². The van der Waals surface area contributed by atoms with Crippen LogP contribution in [0.4, 0.5) is 11.4 Å². The van der Waals surface area contributed by atoms with E-state index < -0.39 is 11.9 Å². The van der Waals surface area contributed by atoms with Gasteiger partial charge in [-0.05, 0) is 24.6 Å². The Balaban J connectivity index is 2.14. The largest absolute Gasteiger partial charge is 0.482 e. The predicted molar refractivity (Wildman–Crippen MR) is 84.5 cm³/mol. The van der Waals surface area contributed by atoms with E-state index in [4.69, 9.17) is 9.84 Å². The molecule has 1 amide bonds. The highest BCUT2D eigenvalue weighted by Gasteiger charge is 2.25. The van der Waals surface area contributed by atoms with Crippen LogP contribution in [-0.4, -0.2) is 36.7 Å². The summed E-state index contributed by atoms with van der Waals surface area (Å²) in [6.07, 6.45) is 1.94. The van der Waals surface area contributed by atoms with E-state index in [1.165, 1.54) is 0 Å². The molecule has 6 nitrogen and oxygen atoms in total. The van der Waals surface area contributed by atoms with Crippen molar-refractivity contribution in [2.24, 2.45) is 5.92 Å². The SMILES string of the molecule is CCCCN1C(=O)COc2ccc(NCC(C)C(=O)O)cc21. The van der Waals surface area contributed by atoms with Crippen molar-refractivity contribution in [1.82, 2.24) is 0 Å². The van der Waals surface area contributed by atoms with Crippen molar-refractivity contribution in [3.8, 4) is 5.75 Å². The summed E-state index contributed by atoms with van der Waals surface area (Å²) < 4.78 is 5.45. The lowest BCUT2D eigenvalue weighted by atomic mass is 10.1. The molecule has 6 heteroatoms. The third kappa shape index (κ3) is 3.69. The summed E-state index contributed by atoms with van der Waals surface area (Å²) in [7, 11) is 0. The standard InChI is InChI=1S/C16H22N2O4/c1-3-4-7-18-13-8-12(17-9-11(2)16(20)21)5-6-14(13)22-10-15(18)19/h5-6,8,11,17H,3-4,7,9-10H2,1-2H3,(H,20,21). The van der Waals surface area contributed by atoms with Crippen LogP contribution in [-0.2, 0) is 9.59 Å². The first-order valence-corrected chi connectivity index (χ1v) is 7.56. The molecule has 2 rings (SSSR count). The molecule has 1 heterocycles. The van der Waals surface area contributed by atoms with E-state index in [1.54, 1.807) is 11.8 Å². The van der Waals surface area contributed by atoms with Crippen molar-refractivity contribution in [3.05, 3.63) is 18.2 Å². The lowest BCUT2D eigenvalue weighted by Gasteiger charge is -2.30. The Hall–Kier alpha value is -2.24. The number of unbranched alkanes of at least 4 members (excludes halogenated alkanes) is 1. The number of nitrogens with zero attached hydrogens (tertiary/aromatic N) is 1. The second kappa shape index (κ2) is 7.15. The first-order chi connectivity index (χ1) is 10.5. The third-order valence-corrected chi connectivity index (χ3v) is 3.67. The number of amides is 1. The van der Waals surface area contributed by atoms with Crippen molar-refractivity contribution in [2.45, 2.75) is 26.7 Å². The molecular weight excluding hydrogens is 284 g/mol. The molecule has 0 bridgehead atoms. The zero-order valence-corrected chi connectivity index (χ0v) is 13.0. The summed E-state index contributed by atoms with van der Waals surface area (Å²) in [6, 6.07) is 5.49. The second-order valence-corrected chi connectivity index (χ2v) is 5.49. The van der Waals surface area contributed by atoms with E-state index in [9.17, 15) is 9.59 Å². The number of carboxylic acids is 1. The first-order valence-electron chi connectivity index (χ1n) is 7.56. The maximum Gasteiger partial charge on any atom is 0.308 e. The van der Waals surface area contributed by atoms with Crippen molar-refractivity contribution >= 4 is 23.3 Å². The number of carbonyl (C=O) groups excluding carboxylic acids is 1. The first kappa shape index (κ1) is 16.1. The fourth-order valence-electron chi connectivity index (χ4n) is 2.23. The Morgan fingerprint density at radius 3 is 2.95 bits per heavy atom. The molecule has 1 unspecified atom stereocenters. The molecule has 1 aromatic rings. The molecule has 120 valence electrons. The molecule has 1 aliphatic rings. The fraction of sp³-hybridized carbons (Fsp3) is 0.500. The highest BCUT2D eigenvalue weighted by atomic mass is 16.5. The lowest BCUT2D eigenvalue weighted by molar-refractivity contribution is -0.140. The smallest absolute Gasteiger partial charge is 0.308 e. The number of rotatable bonds is 7. The number of benzene rings is 1. The van der Waals surface area contributed by atoms with Gasteiger partial charge in [0.25, 0.3) is 5.91 Å². The van der Waals surface area contributed by atoms with Crippen LogP contribution in [0.1, 0.15) is 26.7 Å². The number of carbonyl (C=O) groups is 2. The van der Waals surface area contributed by atoms with E-state index >= 15 is 0 Å². The Labute approximate surface area is 130 Å². The quantitative estimate of drug-likeness (QED) is 0.808. The Bertz CT molecular complexity index is 559. The van der Waals surface area contributed by atoms with Gasteiger partial charge in [0.2, 0.25) is 0 Å². The molecule has 1 aliphatic heterocycles. The van der Waals surface area contributed by atoms with Crippen LogP contribution in [0, 0.1) is 5.92 Å². The van der Waals surface area contributed by atoms with Crippen LogP contribution in [0.3, 0.4) is 0 Å². The molecular formula is C16H22N2O4. The third-order valence-electron chi connectivity index (χ3n) is 3.67. The van der Waals surface area contributed by atoms with Gasteiger partial charge in [0.05, 0.1) is 11.6 Å². The molecule has 2 N–H and O–H groups in total. The number of anilines is 2. The normalized spacial score (nSPS) is 15.0. The number of aliphatic carboxylic acids is 1. The van der Waals surface area contributed by atoms with Gasteiger partial charge in [-0.2, -0.15) is 0 Å². The number of ether oxygens (including phenoxy) is 1. The van der Waals surface area contributed by atoms with Gasteiger partial charge in [-0.1, -0.05) is 20.3 Å². The van der Waals surface area contributed by atoms with Crippen LogP contribution in [0.2, 0.25) is 0 Å². The van der Waals surface area contributed by atoms with Gasteiger partial charge in [-0.3, -0.25) is 9.59 Å². The second-order valence-electron chi connectivity index (χ2n) is 5.49.